The third-order valence-corrected chi connectivity index (χ3v) is 2.37. The number of benzene rings is 1. The molecule has 1 amide bonds. The van der Waals surface area contributed by atoms with Gasteiger partial charge < -0.3 is 11.1 Å². The maximum absolute atomic E-state index is 13.2. The summed E-state index contributed by atoms with van der Waals surface area (Å²) in [6, 6.07) is 5.78. The Morgan fingerprint density at radius 3 is 2.94 bits per heavy atom. The summed E-state index contributed by atoms with van der Waals surface area (Å²) < 4.78 is 13.2. The number of para-hydroxylation sites is 1. The number of anilines is 1. The minimum Gasteiger partial charge on any atom is -0.396 e. The molecule has 92 valence electrons. The number of halogens is 1. The van der Waals surface area contributed by atoms with Gasteiger partial charge in [-0.3, -0.25) is 4.79 Å². The normalized spacial score (nSPS) is 10.1. The monoisotopic (exact) mass is 246 g/mol. The van der Waals surface area contributed by atoms with Crippen LogP contribution in [0.4, 0.5) is 10.1 Å². The van der Waals surface area contributed by atoms with E-state index in [2.05, 4.69) is 15.3 Å². The predicted molar refractivity (Wildman–Crippen MR) is 64.0 cm³/mol. The molecular weight excluding hydrogens is 235 g/mol. The first-order valence-electron chi connectivity index (χ1n) is 5.25. The van der Waals surface area contributed by atoms with Crippen LogP contribution in [-0.2, 0) is 6.54 Å². The van der Waals surface area contributed by atoms with Crippen LogP contribution in [0.25, 0.3) is 0 Å². The Morgan fingerprint density at radius 1 is 1.39 bits per heavy atom. The highest BCUT2D eigenvalue weighted by Crippen LogP contribution is 2.15. The first-order valence-corrected chi connectivity index (χ1v) is 5.25. The van der Waals surface area contributed by atoms with Gasteiger partial charge in [-0.1, -0.05) is 6.07 Å². The third kappa shape index (κ3) is 2.60. The lowest BCUT2D eigenvalue weighted by Gasteiger charge is -2.07. The van der Waals surface area contributed by atoms with Crippen LogP contribution in [0, 0.1) is 5.82 Å². The second-order valence-corrected chi connectivity index (χ2v) is 3.58. The smallest absolute Gasteiger partial charge is 0.253 e. The zero-order valence-electron chi connectivity index (χ0n) is 9.43. The number of carbonyl (C=O) groups is 1. The van der Waals surface area contributed by atoms with Gasteiger partial charge >= 0.3 is 0 Å². The summed E-state index contributed by atoms with van der Waals surface area (Å²) in [4.78, 5) is 19.5. The summed E-state index contributed by atoms with van der Waals surface area (Å²) in [6.45, 7) is 0.233. The number of hydrogen-bond donors (Lipinski definition) is 2. The zero-order chi connectivity index (χ0) is 13.0. The van der Waals surface area contributed by atoms with E-state index in [1.165, 1.54) is 24.5 Å². The highest BCUT2D eigenvalue weighted by Gasteiger charge is 2.12. The van der Waals surface area contributed by atoms with Crippen molar-refractivity contribution in [3.05, 3.63) is 53.9 Å². The number of nitrogens with zero attached hydrogens (tertiary/aromatic N) is 2. The Kier molecular flexibility index (Phi) is 3.47. The fourth-order valence-electron chi connectivity index (χ4n) is 1.42. The molecule has 18 heavy (non-hydrogen) atoms. The third-order valence-electron chi connectivity index (χ3n) is 2.37. The molecule has 2 aromatic rings. The van der Waals surface area contributed by atoms with Gasteiger partial charge in [-0.2, -0.15) is 0 Å². The number of carbonyl (C=O) groups excluding carboxylic acids is 1. The predicted octanol–water partition coefficient (Wildman–Crippen LogP) is 1.13. The van der Waals surface area contributed by atoms with Gasteiger partial charge in [-0.05, 0) is 18.2 Å². The fraction of sp³-hybridized carbons (Fsp3) is 0.0833. The molecule has 0 aliphatic rings. The average molecular weight is 246 g/mol. The van der Waals surface area contributed by atoms with Gasteiger partial charge in [0.25, 0.3) is 5.91 Å². The van der Waals surface area contributed by atoms with Crippen molar-refractivity contribution in [1.29, 1.82) is 0 Å². The van der Waals surface area contributed by atoms with Crippen molar-refractivity contribution in [2.45, 2.75) is 6.54 Å². The Morgan fingerprint density at radius 2 is 2.22 bits per heavy atom. The van der Waals surface area contributed by atoms with Crippen molar-refractivity contribution in [3.63, 3.8) is 0 Å². The Labute approximate surface area is 103 Å². The molecule has 1 aromatic heterocycles. The summed E-state index contributed by atoms with van der Waals surface area (Å²) >= 11 is 0. The lowest BCUT2D eigenvalue weighted by Crippen LogP contribution is -2.24. The van der Waals surface area contributed by atoms with Gasteiger partial charge in [0.2, 0.25) is 0 Å². The van der Waals surface area contributed by atoms with E-state index in [-0.39, 0.29) is 17.8 Å². The number of aromatic nitrogens is 2. The molecule has 0 radical (unpaired) electrons. The first kappa shape index (κ1) is 12.0. The summed E-state index contributed by atoms with van der Waals surface area (Å²) in [5.41, 5.74) is 6.11. The second kappa shape index (κ2) is 5.22. The molecule has 5 nitrogen and oxygen atoms in total. The van der Waals surface area contributed by atoms with Crippen molar-refractivity contribution < 1.29 is 9.18 Å². The molecule has 0 saturated heterocycles. The lowest BCUT2D eigenvalue weighted by molar-refractivity contribution is 0.0951. The molecule has 2 rings (SSSR count). The van der Waals surface area contributed by atoms with Crippen LogP contribution in [0.15, 0.2) is 36.8 Å². The van der Waals surface area contributed by atoms with E-state index in [0.29, 0.717) is 5.69 Å². The quantitative estimate of drug-likeness (QED) is 0.795. The number of rotatable bonds is 3. The minimum absolute atomic E-state index is 0.115. The van der Waals surface area contributed by atoms with Crippen molar-refractivity contribution in [2.75, 3.05) is 5.73 Å². The maximum Gasteiger partial charge on any atom is 0.253 e. The molecule has 6 heteroatoms. The van der Waals surface area contributed by atoms with Crippen molar-refractivity contribution >= 4 is 11.6 Å². The summed E-state index contributed by atoms with van der Waals surface area (Å²) in [5, 5.41) is 2.61. The van der Waals surface area contributed by atoms with Gasteiger partial charge in [0.05, 0.1) is 23.5 Å². The van der Waals surface area contributed by atoms with E-state index >= 15 is 0 Å². The van der Waals surface area contributed by atoms with E-state index in [9.17, 15) is 9.18 Å². The Bertz CT molecular complexity index is 559. The highest BCUT2D eigenvalue weighted by molar-refractivity contribution is 5.99. The average Bonchev–Trinajstić information content (AvgIpc) is 2.40. The summed E-state index contributed by atoms with van der Waals surface area (Å²) in [6.07, 6.45) is 2.96. The number of nitrogens with one attached hydrogen (secondary N) is 1. The van der Waals surface area contributed by atoms with Gasteiger partial charge in [-0.15, -0.1) is 0 Å². The number of nitrogen functional groups attached to an aromatic ring is 1. The van der Waals surface area contributed by atoms with Crippen LogP contribution in [-0.4, -0.2) is 15.9 Å². The molecule has 0 spiro atoms. The van der Waals surface area contributed by atoms with Crippen molar-refractivity contribution in [2.24, 2.45) is 0 Å². The Hall–Kier alpha value is -2.50. The van der Waals surface area contributed by atoms with Gasteiger partial charge in [-0.25, -0.2) is 14.4 Å². The van der Waals surface area contributed by atoms with E-state index in [1.54, 1.807) is 12.3 Å². The molecule has 3 N–H and O–H groups in total. The molecule has 1 aromatic carbocycles. The SMILES string of the molecule is Nc1c(F)cccc1C(=O)NCc1ccncn1. The molecule has 0 saturated carbocycles. The number of nitrogens with two attached hydrogens (primary N) is 1. The van der Waals surface area contributed by atoms with Crippen LogP contribution in [0.5, 0.6) is 0 Å². The van der Waals surface area contributed by atoms with Crippen LogP contribution < -0.4 is 11.1 Å². The lowest BCUT2D eigenvalue weighted by atomic mass is 10.1. The topological polar surface area (TPSA) is 80.9 Å². The summed E-state index contributed by atoms with van der Waals surface area (Å²) in [5.74, 6) is -1.05. The molecule has 1 heterocycles. The van der Waals surface area contributed by atoms with Gasteiger partial charge in [0.1, 0.15) is 12.1 Å². The molecular formula is C12H11FN4O. The van der Waals surface area contributed by atoms with Crippen molar-refractivity contribution in [1.82, 2.24) is 15.3 Å². The molecule has 0 aliphatic carbocycles. The van der Waals surface area contributed by atoms with E-state index in [0.717, 1.165) is 0 Å². The highest BCUT2D eigenvalue weighted by atomic mass is 19.1. The van der Waals surface area contributed by atoms with Gasteiger partial charge in [0.15, 0.2) is 0 Å². The van der Waals surface area contributed by atoms with E-state index in [4.69, 9.17) is 5.73 Å². The largest absolute Gasteiger partial charge is 0.396 e. The van der Waals surface area contributed by atoms with Crippen LogP contribution in [0.2, 0.25) is 0 Å². The Balaban J connectivity index is 2.07. The fourth-order valence-corrected chi connectivity index (χ4v) is 1.42. The number of hydrogen-bond acceptors (Lipinski definition) is 4. The minimum atomic E-state index is -0.607. The first-order chi connectivity index (χ1) is 8.68. The molecule has 0 bridgehead atoms. The van der Waals surface area contributed by atoms with E-state index < -0.39 is 11.7 Å². The van der Waals surface area contributed by atoms with Crippen LogP contribution in [0.1, 0.15) is 16.1 Å². The van der Waals surface area contributed by atoms with Gasteiger partial charge in [0, 0.05) is 6.20 Å². The summed E-state index contributed by atoms with van der Waals surface area (Å²) in [7, 11) is 0. The van der Waals surface area contributed by atoms with E-state index in [1.807, 2.05) is 0 Å². The van der Waals surface area contributed by atoms with Crippen LogP contribution >= 0.6 is 0 Å². The second-order valence-electron chi connectivity index (χ2n) is 3.58. The van der Waals surface area contributed by atoms with Crippen molar-refractivity contribution in [3.8, 4) is 0 Å². The molecule has 0 unspecified atom stereocenters. The zero-order valence-corrected chi connectivity index (χ0v) is 9.43. The molecule has 0 aliphatic heterocycles. The standard InChI is InChI=1S/C12H11FN4O/c13-10-3-1-2-9(11(10)14)12(18)16-6-8-4-5-15-7-17-8/h1-5,7H,6,14H2,(H,16,18). The molecule has 0 atom stereocenters. The van der Waals surface area contributed by atoms with Crippen LogP contribution in [0.3, 0.4) is 0 Å². The molecule has 0 fully saturated rings. The number of amides is 1. The maximum atomic E-state index is 13.2.